The van der Waals surface area contributed by atoms with E-state index in [4.69, 9.17) is 10.7 Å². The van der Waals surface area contributed by atoms with E-state index in [0.29, 0.717) is 11.2 Å². The van der Waals surface area contributed by atoms with Crippen LogP contribution in [0, 0.1) is 5.92 Å². The molecule has 1 aromatic heterocycles. The van der Waals surface area contributed by atoms with Crippen molar-refractivity contribution in [3.05, 3.63) is 23.3 Å². The van der Waals surface area contributed by atoms with E-state index >= 15 is 0 Å². The summed E-state index contributed by atoms with van der Waals surface area (Å²) in [6, 6.07) is 0. The van der Waals surface area contributed by atoms with Gasteiger partial charge in [-0.15, -0.1) is 0 Å². The van der Waals surface area contributed by atoms with Gasteiger partial charge in [0.2, 0.25) is 0 Å². The Hall–Kier alpha value is -0.610. The van der Waals surface area contributed by atoms with Crippen molar-refractivity contribution in [2.45, 2.75) is 37.4 Å². The number of hydrogen-bond acceptors (Lipinski definition) is 4. The number of nitrogens with zero attached hydrogens (tertiary/aromatic N) is 2. The summed E-state index contributed by atoms with van der Waals surface area (Å²) in [7, 11) is 0. The molecule has 2 heterocycles. The Kier molecular flexibility index (Phi) is 3.34. The molecule has 4 heteroatoms. The summed E-state index contributed by atoms with van der Waals surface area (Å²) in [5.74, 6) is 2.97. The van der Waals surface area contributed by atoms with Gasteiger partial charge in [-0.1, -0.05) is 0 Å². The van der Waals surface area contributed by atoms with Crippen LogP contribution in [0.5, 0.6) is 0 Å². The molecule has 2 unspecified atom stereocenters. The van der Waals surface area contributed by atoms with Crippen LogP contribution in [0.25, 0.3) is 0 Å². The van der Waals surface area contributed by atoms with Gasteiger partial charge in [-0.25, -0.2) is 9.97 Å². The molecule has 1 aliphatic heterocycles. The van der Waals surface area contributed by atoms with E-state index < -0.39 is 0 Å². The fraction of sp³-hybridized carbons (Fsp3) is 0.692. The van der Waals surface area contributed by atoms with Crippen molar-refractivity contribution < 1.29 is 0 Å². The Balaban J connectivity index is 1.82. The summed E-state index contributed by atoms with van der Waals surface area (Å²) in [5.41, 5.74) is 8.36. The summed E-state index contributed by atoms with van der Waals surface area (Å²) in [4.78, 5) is 9.36. The van der Waals surface area contributed by atoms with Crippen molar-refractivity contribution in [1.82, 2.24) is 9.97 Å². The topological polar surface area (TPSA) is 51.8 Å². The van der Waals surface area contributed by atoms with Gasteiger partial charge in [-0.3, -0.25) is 0 Å². The number of aromatic nitrogens is 2. The highest BCUT2D eigenvalue weighted by Gasteiger charge is 2.24. The first kappa shape index (κ1) is 11.5. The number of rotatable bonds is 2. The lowest BCUT2D eigenvalue weighted by molar-refractivity contribution is 0.460. The van der Waals surface area contributed by atoms with E-state index in [0.717, 1.165) is 25.2 Å². The Morgan fingerprint density at radius 1 is 1.41 bits per heavy atom. The van der Waals surface area contributed by atoms with Crippen molar-refractivity contribution in [3.63, 3.8) is 0 Å². The average molecular weight is 249 g/mol. The molecule has 0 spiro atoms. The van der Waals surface area contributed by atoms with Gasteiger partial charge in [0.1, 0.15) is 5.82 Å². The molecule has 92 valence electrons. The van der Waals surface area contributed by atoms with Gasteiger partial charge in [-0.2, -0.15) is 11.8 Å². The van der Waals surface area contributed by atoms with Gasteiger partial charge in [-0.05, 0) is 55.9 Å². The standard InChI is InChI=1S/C13H19N3S/c14-7-9-3-4-11-10(6-9)8-15-13(16-11)12-2-1-5-17-12/h8-9,12H,1-7,14H2. The van der Waals surface area contributed by atoms with E-state index in [2.05, 4.69) is 11.2 Å². The Morgan fingerprint density at radius 3 is 3.12 bits per heavy atom. The first-order valence-electron chi connectivity index (χ1n) is 6.53. The Bertz CT molecular complexity index is 402. The fourth-order valence-corrected chi connectivity index (χ4v) is 3.95. The third-order valence-corrected chi connectivity index (χ3v) is 5.20. The average Bonchev–Trinajstić information content (AvgIpc) is 2.91. The van der Waals surface area contributed by atoms with Crippen molar-refractivity contribution in [2.75, 3.05) is 12.3 Å². The quantitative estimate of drug-likeness (QED) is 0.872. The molecule has 1 aliphatic carbocycles. The zero-order valence-electron chi connectivity index (χ0n) is 10.1. The van der Waals surface area contributed by atoms with Crippen LogP contribution in [0.2, 0.25) is 0 Å². The minimum atomic E-state index is 0.549. The molecule has 3 rings (SSSR count). The maximum absolute atomic E-state index is 5.75. The molecule has 1 fully saturated rings. The summed E-state index contributed by atoms with van der Waals surface area (Å²) >= 11 is 2.01. The molecule has 0 bridgehead atoms. The third-order valence-electron chi connectivity index (χ3n) is 3.82. The van der Waals surface area contributed by atoms with Crippen LogP contribution >= 0.6 is 11.8 Å². The Morgan fingerprint density at radius 2 is 2.35 bits per heavy atom. The smallest absolute Gasteiger partial charge is 0.141 e. The number of nitrogens with two attached hydrogens (primary N) is 1. The highest BCUT2D eigenvalue weighted by molar-refractivity contribution is 7.99. The SMILES string of the molecule is NCC1CCc2nc(C3CCCS3)ncc2C1. The van der Waals surface area contributed by atoms with Crippen molar-refractivity contribution in [2.24, 2.45) is 11.7 Å². The summed E-state index contributed by atoms with van der Waals surface area (Å²) in [5, 5.41) is 0.549. The molecule has 2 atom stereocenters. The monoisotopic (exact) mass is 249 g/mol. The van der Waals surface area contributed by atoms with Crippen LogP contribution in [0.3, 0.4) is 0 Å². The van der Waals surface area contributed by atoms with E-state index in [9.17, 15) is 0 Å². The van der Waals surface area contributed by atoms with Gasteiger partial charge in [0.25, 0.3) is 0 Å². The predicted octanol–water partition coefficient (Wildman–Crippen LogP) is 2.11. The van der Waals surface area contributed by atoms with Crippen LogP contribution in [-0.2, 0) is 12.8 Å². The Labute approximate surface area is 107 Å². The van der Waals surface area contributed by atoms with Gasteiger partial charge in [0.15, 0.2) is 0 Å². The summed E-state index contributed by atoms with van der Waals surface area (Å²) in [6.45, 7) is 0.791. The van der Waals surface area contributed by atoms with Crippen molar-refractivity contribution in [3.8, 4) is 0 Å². The number of fused-ring (bicyclic) bond motifs is 1. The molecule has 0 saturated carbocycles. The molecule has 0 amide bonds. The molecular formula is C13H19N3S. The van der Waals surface area contributed by atoms with Crippen LogP contribution in [0.1, 0.15) is 41.6 Å². The molecule has 0 radical (unpaired) electrons. The molecule has 1 aromatic rings. The summed E-state index contributed by atoms with van der Waals surface area (Å²) < 4.78 is 0. The third kappa shape index (κ3) is 2.33. The number of aryl methyl sites for hydroxylation is 1. The predicted molar refractivity (Wildman–Crippen MR) is 71.0 cm³/mol. The lowest BCUT2D eigenvalue weighted by Crippen LogP contribution is -2.23. The van der Waals surface area contributed by atoms with Crippen LogP contribution in [0.4, 0.5) is 0 Å². The number of thioether (sulfide) groups is 1. The number of hydrogen-bond donors (Lipinski definition) is 1. The molecule has 2 N–H and O–H groups in total. The second kappa shape index (κ2) is 4.94. The largest absolute Gasteiger partial charge is 0.330 e. The van der Waals surface area contributed by atoms with Gasteiger partial charge in [0, 0.05) is 11.9 Å². The minimum absolute atomic E-state index is 0.549. The minimum Gasteiger partial charge on any atom is -0.330 e. The van der Waals surface area contributed by atoms with Gasteiger partial charge in [0.05, 0.1) is 5.25 Å². The molecular weight excluding hydrogens is 230 g/mol. The van der Waals surface area contributed by atoms with Gasteiger partial charge >= 0.3 is 0 Å². The van der Waals surface area contributed by atoms with Crippen LogP contribution in [-0.4, -0.2) is 22.3 Å². The molecule has 17 heavy (non-hydrogen) atoms. The van der Waals surface area contributed by atoms with Crippen LogP contribution in [0.15, 0.2) is 6.20 Å². The highest BCUT2D eigenvalue weighted by atomic mass is 32.2. The normalized spacial score (nSPS) is 28.1. The second-order valence-electron chi connectivity index (χ2n) is 5.05. The van der Waals surface area contributed by atoms with E-state index in [-0.39, 0.29) is 0 Å². The van der Waals surface area contributed by atoms with Crippen molar-refractivity contribution >= 4 is 11.8 Å². The zero-order valence-corrected chi connectivity index (χ0v) is 10.9. The zero-order chi connectivity index (χ0) is 11.7. The maximum atomic E-state index is 5.75. The lowest BCUT2D eigenvalue weighted by atomic mass is 9.87. The summed E-state index contributed by atoms with van der Waals surface area (Å²) in [6.07, 6.45) is 7.96. The van der Waals surface area contributed by atoms with E-state index in [1.54, 1.807) is 0 Å². The van der Waals surface area contributed by atoms with E-state index in [1.807, 2.05) is 11.8 Å². The fourth-order valence-electron chi connectivity index (χ4n) is 2.74. The molecule has 0 aromatic carbocycles. The maximum Gasteiger partial charge on any atom is 0.141 e. The molecule has 3 nitrogen and oxygen atoms in total. The van der Waals surface area contributed by atoms with Gasteiger partial charge < -0.3 is 5.73 Å². The first-order chi connectivity index (χ1) is 8.36. The first-order valence-corrected chi connectivity index (χ1v) is 7.58. The van der Waals surface area contributed by atoms with E-state index in [1.165, 1.54) is 36.3 Å². The molecule has 2 aliphatic rings. The van der Waals surface area contributed by atoms with Crippen molar-refractivity contribution in [1.29, 1.82) is 0 Å². The molecule has 1 saturated heterocycles. The van der Waals surface area contributed by atoms with Crippen LogP contribution < -0.4 is 5.73 Å². The second-order valence-corrected chi connectivity index (χ2v) is 6.36. The highest BCUT2D eigenvalue weighted by Crippen LogP contribution is 2.38. The lowest BCUT2D eigenvalue weighted by Gasteiger charge is -2.23.